The second-order valence-electron chi connectivity index (χ2n) is 2.61. The van der Waals surface area contributed by atoms with E-state index in [1.165, 1.54) is 13.3 Å². The van der Waals surface area contributed by atoms with Gasteiger partial charge in [0.25, 0.3) is 6.43 Å². The molecule has 0 bridgehead atoms. The predicted octanol–water partition coefficient (Wildman–Crippen LogP) is 2.79. The zero-order valence-electron chi connectivity index (χ0n) is 7.80. The predicted molar refractivity (Wildman–Crippen MR) is 53.1 cm³/mol. The lowest BCUT2D eigenvalue weighted by molar-refractivity contribution is 0.145. The van der Waals surface area contributed by atoms with E-state index in [1.807, 2.05) is 0 Å². The maximum absolute atomic E-state index is 12.7. The summed E-state index contributed by atoms with van der Waals surface area (Å²) in [5.74, 6) is -0.100. The molecule has 80 valence electrons. The fraction of sp³-hybridized carbons (Fsp3) is 0.333. The maximum atomic E-state index is 12.7. The van der Waals surface area contributed by atoms with E-state index >= 15 is 0 Å². The van der Waals surface area contributed by atoms with Crippen LogP contribution in [0.5, 0.6) is 5.75 Å². The summed E-state index contributed by atoms with van der Waals surface area (Å²) in [4.78, 5) is 3.77. The van der Waals surface area contributed by atoms with Crippen LogP contribution in [0.2, 0.25) is 0 Å². The van der Waals surface area contributed by atoms with Gasteiger partial charge in [0.15, 0.2) is 0 Å². The molecule has 0 amide bonds. The summed E-state index contributed by atoms with van der Waals surface area (Å²) in [5, 5.41) is 8.88. The molecule has 0 spiro atoms. The zero-order valence-corrected chi connectivity index (χ0v) is 9.38. The number of rotatable bonds is 3. The van der Waals surface area contributed by atoms with Gasteiger partial charge in [-0.25, -0.2) is 8.78 Å². The first-order chi connectivity index (χ1) is 7.15. The topological polar surface area (TPSA) is 45.9 Å². The summed E-state index contributed by atoms with van der Waals surface area (Å²) in [5.41, 5.74) is -0.133. The number of alkyl halides is 3. The van der Waals surface area contributed by atoms with Gasteiger partial charge >= 0.3 is 0 Å². The molecule has 0 aliphatic carbocycles. The van der Waals surface area contributed by atoms with Gasteiger partial charge in [0, 0.05) is 11.5 Å². The summed E-state index contributed by atoms with van der Waals surface area (Å²) >= 11 is 3.05. The first-order valence-electron chi connectivity index (χ1n) is 3.95. The van der Waals surface area contributed by atoms with E-state index in [-0.39, 0.29) is 27.9 Å². The van der Waals surface area contributed by atoms with E-state index in [0.717, 1.165) is 0 Å². The van der Waals surface area contributed by atoms with Crippen molar-refractivity contribution in [3.8, 4) is 11.8 Å². The first kappa shape index (κ1) is 11.9. The minimum absolute atomic E-state index is 0.0116. The molecule has 1 aromatic heterocycles. The van der Waals surface area contributed by atoms with Gasteiger partial charge in [-0.3, -0.25) is 4.98 Å². The van der Waals surface area contributed by atoms with Gasteiger partial charge in [0.1, 0.15) is 17.4 Å². The average molecular weight is 277 g/mol. The van der Waals surface area contributed by atoms with Gasteiger partial charge < -0.3 is 4.74 Å². The highest BCUT2D eigenvalue weighted by Gasteiger charge is 2.22. The highest BCUT2D eigenvalue weighted by molar-refractivity contribution is 9.08. The van der Waals surface area contributed by atoms with E-state index in [4.69, 9.17) is 10.00 Å². The third kappa shape index (κ3) is 2.23. The first-order valence-corrected chi connectivity index (χ1v) is 5.07. The fourth-order valence-electron chi connectivity index (χ4n) is 1.18. The molecule has 0 saturated heterocycles. The maximum Gasteiger partial charge on any atom is 0.269 e. The number of nitriles is 1. The van der Waals surface area contributed by atoms with E-state index in [0.29, 0.717) is 0 Å². The molecule has 0 saturated carbocycles. The van der Waals surface area contributed by atoms with Gasteiger partial charge in [0.2, 0.25) is 0 Å². The van der Waals surface area contributed by atoms with Crippen molar-refractivity contribution in [1.82, 2.24) is 4.98 Å². The molecule has 0 N–H and O–H groups in total. The number of pyridine rings is 1. The molecule has 0 unspecified atom stereocenters. The van der Waals surface area contributed by atoms with Crippen LogP contribution in [0.25, 0.3) is 0 Å². The van der Waals surface area contributed by atoms with E-state index in [9.17, 15) is 8.78 Å². The molecular formula is C9H7BrF2N2O. The lowest BCUT2D eigenvalue weighted by Gasteiger charge is -2.11. The number of nitrogens with zero attached hydrogens (tertiary/aromatic N) is 2. The molecular weight excluding hydrogens is 270 g/mol. The Bertz CT molecular complexity index is 404. The van der Waals surface area contributed by atoms with Crippen LogP contribution < -0.4 is 4.74 Å². The average Bonchev–Trinajstić information content (AvgIpc) is 2.26. The molecule has 1 rings (SSSR count). The number of halogens is 3. The van der Waals surface area contributed by atoms with Crippen molar-refractivity contribution in [1.29, 1.82) is 5.26 Å². The Morgan fingerprint density at radius 3 is 2.73 bits per heavy atom. The summed E-state index contributed by atoms with van der Waals surface area (Å²) in [7, 11) is 1.25. The van der Waals surface area contributed by atoms with Crippen molar-refractivity contribution in [2.24, 2.45) is 0 Å². The van der Waals surface area contributed by atoms with Crippen molar-refractivity contribution >= 4 is 15.9 Å². The Hall–Kier alpha value is -1.22. The van der Waals surface area contributed by atoms with Crippen LogP contribution >= 0.6 is 15.9 Å². The van der Waals surface area contributed by atoms with E-state index in [1.54, 1.807) is 6.07 Å². The van der Waals surface area contributed by atoms with Gasteiger partial charge in [-0.2, -0.15) is 5.26 Å². The van der Waals surface area contributed by atoms with Crippen LogP contribution in [0.4, 0.5) is 8.78 Å². The second-order valence-corrected chi connectivity index (χ2v) is 3.17. The number of ether oxygens (including phenoxy) is 1. The van der Waals surface area contributed by atoms with Crippen LogP contribution in [0.3, 0.4) is 0 Å². The van der Waals surface area contributed by atoms with Gasteiger partial charge in [-0.1, -0.05) is 15.9 Å². The van der Waals surface area contributed by atoms with Crippen molar-refractivity contribution in [3.05, 3.63) is 23.0 Å². The van der Waals surface area contributed by atoms with Gasteiger partial charge in [-0.15, -0.1) is 0 Å². The van der Waals surface area contributed by atoms with E-state index < -0.39 is 6.43 Å². The molecule has 15 heavy (non-hydrogen) atoms. The molecule has 1 heterocycles. The minimum atomic E-state index is -2.71. The van der Waals surface area contributed by atoms with Gasteiger partial charge in [0.05, 0.1) is 18.4 Å². The highest BCUT2D eigenvalue weighted by atomic mass is 79.9. The Morgan fingerprint density at radius 2 is 2.33 bits per heavy atom. The Labute approximate surface area is 93.8 Å². The molecule has 0 atom stereocenters. The monoisotopic (exact) mass is 276 g/mol. The molecule has 6 heteroatoms. The molecule has 0 aliphatic heterocycles. The van der Waals surface area contributed by atoms with Crippen LogP contribution in [0.1, 0.15) is 23.2 Å². The smallest absolute Gasteiger partial charge is 0.269 e. The lowest BCUT2D eigenvalue weighted by atomic mass is 10.1. The second kappa shape index (κ2) is 5.03. The van der Waals surface area contributed by atoms with Crippen LogP contribution in [0, 0.1) is 11.3 Å². The fourth-order valence-corrected chi connectivity index (χ4v) is 1.62. The number of hydrogen-bond donors (Lipinski definition) is 0. The molecule has 1 aromatic rings. The van der Waals surface area contributed by atoms with Gasteiger partial charge in [-0.05, 0) is 0 Å². The quantitative estimate of drug-likeness (QED) is 0.798. The molecule has 3 nitrogen and oxygen atoms in total. The number of hydrogen-bond acceptors (Lipinski definition) is 3. The SMILES string of the molecule is COc1c(C#N)cnc(CBr)c1C(F)F. The largest absolute Gasteiger partial charge is 0.495 e. The Kier molecular flexibility index (Phi) is 3.97. The van der Waals surface area contributed by atoms with Crippen molar-refractivity contribution in [2.75, 3.05) is 7.11 Å². The van der Waals surface area contributed by atoms with Crippen molar-refractivity contribution < 1.29 is 13.5 Å². The normalized spacial score (nSPS) is 10.1. The Morgan fingerprint density at radius 1 is 1.67 bits per heavy atom. The van der Waals surface area contributed by atoms with Crippen LogP contribution in [-0.2, 0) is 5.33 Å². The van der Waals surface area contributed by atoms with Crippen LogP contribution in [-0.4, -0.2) is 12.1 Å². The number of aromatic nitrogens is 1. The van der Waals surface area contributed by atoms with Crippen LogP contribution in [0.15, 0.2) is 6.20 Å². The number of methoxy groups -OCH3 is 1. The van der Waals surface area contributed by atoms with Crippen molar-refractivity contribution in [3.63, 3.8) is 0 Å². The van der Waals surface area contributed by atoms with E-state index in [2.05, 4.69) is 20.9 Å². The van der Waals surface area contributed by atoms with Crippen molar-refractivity contribution in [2.45, 2.75) is 11.8 Å². The Balaban J connectivity index is 3.46. The lowest BCUT2D eigenvalue weighted by Crippen LogP contribution is -2.02. The zero-order chi connectivity index (χ0) is 11.4. The summed E-state index contributed by atoms with van der Waals surface area (Å²) in [6, 6.07) is 1.76. The summed E-state index contributed by atoms with van der Waals surface area (Å²) in [6.45, 7) is 0. The third-order valence-corrected chi connectivity index (χ3v) is 2.35. The third-order valence-electron chi connectivity index (χ3n) is 1.82. The highest BCUT2D eigenvalue weighted by Crippen LogP contribution is 2.34. The standard InChI is InChI=1S/C9H7BrF2N2O/c1-15-8-5(3-13)4-14-6(2-10)7(8)9(11)12/h4,9H,2H2,1H3. The summed E-state index contributed by atoms with van der Waals surface area (Å²) in [6.07, 6.45) is -1.49. The molecule has 0 aliphatic rings. The molecule has 0 radical (unpaired) electrons. The summed E-state index contributed by atoms with van der Waals surface area (Å²) < 4.78 is 30.3. The molecule has 0 aromatic carbocycles. The minimum Gasteiger partial charge on any atom is -0.495 e. The molecule has 0 fully saturated rings.